The highest BCUT2D eigenvalue weighted by atomic mass is 19.1. The van der Waals surface area contributed by atoms with Gasteiger partial charge in [-0.05, 0) is 24.3 Å². The molecule has 0 fully saturated rings. The van der Waals surface area contributed by atoms with E-state index in [9.17, 15) is 9.18 Å². The summed E-state index contributed by atoms with van der Waals surface area (Å²) in [7, 11) is 1.81. The van der Waals surface area contributed by atoms with Gasteiger partial charge in [-0.2, -0.15) is 0 Å². The molecule has 34 heavy (non-hydrogen) atoms. The molecule has 4 aromatic rings. The molecule has 0 aliphatic carbocycles. The number of halogens is 1. The lowest BCUT2D eigenvalue weighted by atomic mass is 10.1. The van der Waals surface area contributed by atoms with Crippen LogP contribution in [-0.2, 0) is 17.9 Å². The fraction of sp³-hybridized carbons (Fsp3) is 0.259. The first-order chi connectivity index (χ1) is 16.6. The Bertz CT molecular complexity index is 1300. The molecule has 5 rings (SSSR count). The number of nitrogens with zero attached hydrogens (tertiary/aromatic N) is 4. The summed E-state index contributed by atoms with van der Waals surface area (Å²) in [5.74, 6) is 0.525. The molecule has 2 aromatic heterocycles. The number of para-hydroxylation sites is 1. The average molecular weight is 459 g/mol. The van der Waals surface area contributed by atoms with Gasteiger partial charge in [0.1, 0.15) is 23.3 Å². The number of aromatic nitrogens is 2. The van der Waals surface area contributed by atoms with Crippen LogP contribution in [-0.4, -0.2) is 45.2 Å². The summed E-state index contributed by atoms with van der Waals surface area (Å²) in [6.45, 7) is 2.18. The van der Waals surface area contributed by atoms with Gasteiger partial charge in [0.2, 0.25) is 5.91 Å². The van der Waals surface area contributed by atoms with E-state index in [1.165, 1.54) is 6.07 Å². The van der Waals surface area contributed by atoms with Crippen molar-refractivity contribution < 1.29 is 13.9 Å². The Morgan fingerprint density at radius 2 is 1.91 bits per heavy atom. The second-order valence-electron chi connectivity index (χ2n) is 8.65. The predicted octanol–water partition coefficient (Wildman–Crippen LogP) is 4.46. The van der Waals surface area contributed by atoms with Gasteiger partial charge >= 0.3 is 0 Å². The summed E-state index contributed by atoms with van der Waals surface area (Å²) in [4.78, 5) is 21.3. The van der Waals surface area contributed by atoms with E-state index in [0.717, 1.165) is 22.7 Å². The van der Waals surface area contributed by atoms with E-state index in [1.54, 1.807) is 23.2 Å². The van der Waals surface area contributed by atoms with Crippen molar-refractivity contribution >= 4 is 11.6 Å². The van der Waals surface area contributed by atoms with Crippen LogP contribution < -0.4 is 4.74 Å². The minimum atomic E-state index is -0.448. The normalized spacial score (nSPS) is 16.0. The summed E-state index contributed by atoms with van der Waals surface area (Å²) < 4.78 is 22.8. The molecule has 6 nitrogen and oxygen atoms in total. The number of ether oxygens (including phenoxy) is 1. The molecule has 2 aromatic carbocycles. The summed E-state index contributed by atoms with van der Waals surface area (Å²) in [5, 5.41) is 0. The fourth-order valence-corrected chi connectivity index (χ4v) is 4.43. The number of carbonyl (C=O) groups excluding carboxylic acids is 1. The van der Waals surface area contributed by atoms with Gasteiger partial charge in [0.25, 0.3) is 0 Å². The largest absolute Gasteiger partial charge is 0.484 e. The molecule has 174 valence electrons. The molecule has 7 heteroatoms. The zero-order valence-corrected chi connectivity index (χ0v) is 19.1. The summed E-state index contributed by atoms with van der Waals surface area (Å²) in [6, 6.07) is 20.4. The van der Waals surface area contributed by atoms with Crippen molar-refractivity contribution in [2.75, 3.05) is 20.1 Å². The number of hydrogen-bond donors (Lipinski definition) is 0. The van der Waals surface area contributed by atoms with Crippen molar-refractivity contribution in [2.45, 2.75) is 25.6 Å². The highest BCUT2D eigenvalue weighted by Crippen LogP contribution is 2.32. The average Bonchev–Trinajstić information content (AvgIpc) is 3.15. The van der Waals surface area contributed by atoms with Gasteiger partial charge < -0.3 is 14.0 Å². The second kappa shape index (κ2) is 9.65. The maximum absolute atomic E-state index is 14.6. The van der Waals surface area contributed by atoms with Crippen LogP contribution in [0.1, 0.15) is 29.3 Å². The molecule has 1 atom stereocenters. The monoisotopic (exact) mass is 458 g/mol. The zero-order valence-electron chi connectivity index (χ0n) is 19.1. The molecule has 0 radical (unpaired) electrons. The minimum Gasteiger partial charge on any atom is -0.484 e. The third kappa shape index (κ3) is 4.65. The number of hydrogen-bond acceptors (Lipinski definition) is 4. The van der Waals surface area contributed by atoms with Crippen LogP contribution in [0.3, 0.4) is 0 Å². The standard InChI is InChI=1S/C27H27FN4O2/c1-30(18-21-16-29-26-12-6-7-14-32(21)26)27(33)13-15-31-17-20-8-2-5-11-24(20)34-25(19-31)22-9-3-4-10-23(22)28/h2-12,14,16,25H,13,15,17-19H2,1H3/t25-/m0/s1. The van der Waals surface area contributed by atoms with Crippen molar-refractivity contribution in [3.8, 4) is 5.75 Å². The van der Waals surface area contributed by atoms with Gasteiger partial charge in [0.15, 0.2) is 0 Å². The van der Waals surface area contributed by atoms with Crippen LogP contribution >= 0.6 is 0 Å². The highest BCUT2D eigenvalue weighted by molar-refractivity contribution is 5.76. The molecule has 0 N–H and O–H groups in total. The number of rotatable bonds is 6. The Balaban J connectivity index is 1.28. The van der Waals surface area contributed by atoms with Crippen LogP contribution in [0.2, 0.25) is 0 Å². The molecule has 0 spiro atoms. The zero-order chi connectivity index (χ0) is 23.5. The molecular weight excluding hydrogens is 431 g/mol. The number of imidazole rings is 1. The van der Waals surface area contributed by atoms with Gasteiger partial charge in [0.05, 0.1) is 18.4 Å². The van der Waals surface area contributed by atoms with Crippen molar-refractivity contribution in [1.29, 1.82) is 0 Å². The molecular formula is C27H27FN4O2. The number of benzene rings is 2. The molecule has 1 aliphatic rings. The molecule has 0 unspecified atom stereocenters. The third-order valence-electron chi connectivity index (χ3n) is 6.27. The Labute approximate surface area is 198 Å². The van der Waals surface area contributed by atoms with E-state index >= 15 is 0 Å². The van der Waals surface area contributed by atoms with Gasteiger partial charge in [-0.15, -0.1) is 0 Å². The second-order valence-corrected chi connectivity index (χ2v) is 8.65. The maximum Gasteiger partial charge on any atom is 0.223 e. The summed E-state index contributed by atoms with van der Waals surface area (Å²) in [5.41, 5.74) is 3.39. The lowest BCUT2D eigenvalue weighted by Gasteiger charge is -2.25. The van der Waals surface area contributed by atoms with Crippen molar-refractivity contribution in [2.24, 2.45) is 0 Å². The quantitative estimate of drug-likeness (QED) is 0.428. The first kappa shape index (κ1) is 22.1. The Kier molecular flexibility index (Phi) is 6.27. The highest BCUT2D eigenvalue weighted by Gasteiger charge is 2.26. The van der Waals surface area contributed by atoms with Crippen LogP contribution in [0.4, 0.5) is 4.39 Å². The van der Waals surface area contributed by atoms with Gasteiger partial charge in [-0.1, -0.05) is 42.5 Å². The van der Waals surface area contributed by atoms with Gasteiger partial charge in [-0.3, -0.25) is 9.69 Å². The third-order valence-corrected chi connectivity index (χ3v) is 6.27. The Morgan fingerprint density at radius 3 is 2.79 bits per heavy atom. The summed E-state index contributed by atoms with van der Waals surface area (Å²) >= 11 is 0. The van der Waals surface area contributed by atoms with E-state index < -0.39 is 6.10 Å². The summed E-state index contributed by atoms with van der Waals surface area (Å²) in [6.07, 6.45) is 3.67. The molecule has 3 heterocycles. The van der Waals surface area contributed by atoms with E-state index in [1.807, 2.05) is 66.2 Å². The topological polar surface area (TPSA) is 50.1 Å². The molecule has 0 saturated carbocycles. The lowest BCUT2D eigenvalue weighted by Crippen LogP contribution is -2.34. The van der Waals surface area contributed by atoms with Crippen LogP contribution in [0.25, 0.3) is 5.65 Å². The van der Waals surface area contributed by atoms with Crippen LogP contribution in [0.15, 0.2) is 79.1 Å². The lowest BCUT2D eigenvalue weighted by molar-refractivity contribution is -0.130. The van der Waals surface area contributed by atoms with Gasteiger partial charge in [-0.25, -0.2) is 9.37 Å². The number of pyridine rings is 1. The maximum atomic E-state index is 14.6. The van der Waals surface area contributed by atoms with Crippen molar-refractivity contribution in [3.63, 3.8) is 0 Å². The predicted molar refractivity (Wildman–Crippen MR) is 128 cm³/mol. The minimum absolute atomic E-state index is 0.0479. The smallest absolute Gasteiger partial charge is 0.223 e. The van der Waals surface area contributed by atoms with Gasteiger partial charge in [0, 0.05) is 50.4 Å². The van der Waals surface area contributed by atoms with E-state index in [4.69, 9.17) is 4.74 Å². The Hall–Kier alpha value is -3.71. The number of fused-ring (bicyclic) bond motifs is 2. The first-order valence-electron chi connectivity index (χ1n) is 11.4. The molecule has 1 aliphatic heterocycles. The molecule has 0 saturated heterocycles. The molecule has 0 bridgehead atoms. The Morgan fingerprint density at radius 1 is 1.12 bits per heavy atom. The molecule has 1 amide bonds. The van der Waals surface area contributed by atoms with Crippen LogP contribution in [0.5, 0.6) is 5.75 Å². The number of amides is 1. The van der Waals surface area contributed by atoms with E-state index in [0.29, 0.717) is 38.2 Å². The van der Waals surface area contributed by atoms with Crippen molar-refractivity contribution in [1.82, 2.24) is 19.2 Å². The van der Waals surface area contributed by atoms with E-state index in [-0.39, 0.29) is 11.7 Å². The SMILES string of the molecule is CN(Cc1cnc2ccccn12)C(=O)CCN1Cc2ccccc2O[C@H](c2ccccc2F)C1. The van der Waals surface area contributed by atoms with Crippen molar-refractivity contribution in [3.05, 3.63) is 102 Å². The first-order valence-corrected chi connectivity index (χ1v) is 11.4. The number of carbonyl (C=O) groups is 1. The fourth-order valence-electron chi connectivity index (χ4n) is 4.43. The van der Waals surface area contributed by atoms with Crippen LogP contribution in [0, 0.1) is 5.82 Å². The van der Waals surface area contributed by atoms with E-state index in [2.05, 4.69) is 9.88 Å².